The molecule has 0 fully saturated rings. The highest BCUT2D eigenvalue weighted by molar-refractivity contribution is 5.89. The van der Waals surface area contributed by atoms with E-state index < -0.39 is 0 Å². The van der Waals surface area contributed by atoms with Crippen LogP contribution in [0.25, 0.3) is 0 Å². The largest absolute Gasteiger partial charge is 0.453 e. The molecule has 1 aromatic heterocycles. The van der Waals surface area contributed by atoms with Crippen LogP contribution in [0.4, 0.5) is 34.1 Å². The normalized spacial score (nSPS) is 13.5. The van der Waals surface area contributed by atoms with Crippen LogP contribution in [0.1, 0.15) is 0 Å². The number of hydrogen-bond donors (Lipinski definition) is 0. The van der Waals surface area contributed by atoms with Gasteiger partial charge in [-0.15, -0.1) is 0 Å². The summed E-state index contributed by atoms with van der Waals surface area (Å²) in [6, 6.07) is 36.7. The Balaban J connectivity index is 1.33. The van der Waals surface area contributed by atoms with Crippen molar-refractivity contribution in [2.24, 2.45) is 0 Å². The average molecular weight is 485 g/mol. The van der Waals surface area contributed by atoms with Crippen molar-refractivity contribution in [2.45, 2.75) is 0 Å². The number of rotatable bonds is 4. The second-order valence-corrected chi connectivity index (χ2v) is 9.08. The van der Waals surface area contributed by atoms with E-state index in [0.29, 0.717) is 11.6 Å². The van der Waals surface area contributed by atoms with Gasteiger partial charge in [0.05, 0.1) is 29.4 Å². The number of nitrogens with zero attached hydrogens (tertiary/aromatic N) is 4. The van der Waals surface area contributed by atoms with E-state index in [-0.39, 0.29) is 0 Å². The summed E-state index contributed by atoms with van der Waals surface area (Å²) in [4.78, 5) is 11.1. The number of fused-ring (bicyclic) bond motifs is 3. The zero-order valence-electron chi connectivity index (χ0n) is 20.3. The van der Waals surface area contributed by atoms with E-state index in [4.69, 9.17) is 9.47 Å². The predicted octanol–water partition coefficient (Wildman–Crippen LogP) is 7.99. The zero-order chi connectivity index (χ0) is 24.8. The molecule has 3 heterocycles. The molecule has 0 spiro atoms. The Morgan fingerprint density at radius 2 is 1.43 bits per heavy atom. The standard InChI is InChI=1S/C31H24N4O2/c1-33-21-34(26-12-3-2-11-25(26)33)22-9-8-10-23(19-22)35-27-13-4-5-14-29(27)37-30-17-16-24(20-28(30)35)36-31-15-6-7-18-32-31/h2-20H,21H2,1H3. The fourth-order valence-corrected chi connectivity index (χ4v) is 5.00. The third-order valence-corrected chi connectivity index (χ3v) is 6.69. The topological polar surface area (TPSA) is 41.1 Å². The van der Waals surface area contributed by atoms with Gasteiger partial charge in [-0.1, -0.05) is 36.4 Å². The smallest absolute Gasteiger partial charge is 0.219 e. The number of para-hydroxylation sites is 4. The molecule has 0 atom stereocenters. The molecule has 4 aromatic carbocycles. The Morgan fingerprint density at radius 1 is 0.676 bits per heavy atom. The molecule has 0 saturated carbocycles. The van der Waals surface area contributed by atoms with Crippen LogP contribution in [-0.2, 0) is 0 Å². The lowest BCUT2D eigenvalue weighted by atomic mass is 10.1. The highest BCUT2D eigenvalue weighted by atomic mass is 16.5. The molecule has 6 heteroatoms. The first-order valence-corrected chi connectivity index (χ1v) is 12.2. The molecule has 0 aliphatic carbocycles. The second kappa shape index (κ2) is 8.60. The van der Waals surface area contributed by atoms with Gasteiger partial charge in [0, 0.05) is 36.8 Å². The molecule has 0 radical (unpaired) electrons. The molecule has 0 amide bonds. The Hall–Kier alpha value is -4.97. The van der Waals surface area contributed by atoms with Crippen molar-refractivity contribution in [2.75, 3.05) is 28.4 Å². The first-order valence-electron chi connectivity index (χ1n) is 12.2. The molecule has 2 aliphatic heterocycles. The monoisotopic (exact) mass is 484 g/mol. The van der Waals surface area contributed by atoms with Crippen molar-refractivity contribution < 1.29 is 9.47 Å². The molecular weight excluding hydrogens is 460 g/mol. The van der Waals surface area contributed by atoms with Crippen LogP contribution in [0.2, 0.25) is 0 Å². The van der Waals surface area contributed by atoms with Crippen LogP contribution in [-0.4, -0.2) is 18.7 Å². The van der Waals surface area contributed by atoms with E-state index in [9.17, 15) is 0 Å². The van der Waals surface area contributed by atoms with Crippen LogP contribution in [0, 0.1) is 0 Å². The van der Waals surface area contributed by atoms with Crippen molar-refractivity contribution in [1.82, 2.24) is 4.98 Å². The maximum absolute atomic E-state index is 6.30. The van der Waals surface area contributed by atoms with E-state index in [1.165, 1.54) is 11.4 Å². The minimum absolute atomic E-state index is 0.546. The van der Waals surface area contributed by atoms with Crippen molar-refractivity contribution in [3.63, 3.8) is 0 Å². The van der Waals surface area contributed by atoms with Gasteiger partial charge in [0.25, 0.3) is 0 Å². The number of pyridine rings is 1. The Bertz CT molecular complexity index is 1600. The lowest BCUT2D eigenvalue weighted by molar-refractivity contribution is 0.455. The van der Waals surface area contributed by atoms with Gasteiger partial charge in [-0.2, -0.15) is 0 Å². The van der Waals surface area contributed by atoms with Gasteiger partial charge >= 0.3 is 0 Å². The van der Waals surface area contributed by atoms with Crippen LogP contribution in [0.5, 0.6) is 23.1 Å². The molecule has 180 valence electrons. The first kappa shape index (κ1) is 21.3. The summed E-state index contributed by atoms with van der Waals surface area (Å²) < 4.78 is 12.4. The number of hydrogen-bond acceptors (Lipinski definition) is 6. The third-order valence-electron chi connectivity index (χ3n) is 6.69. The predicted molar refractivity (Wildman–Crippen MR) is 147 cm³/mol. The maximum Gasteiger partial charge on any atom is 0.219 e. The van der Waals surface area contributed by atoms with Crippen molar-refractivity contribution in [3.05, 3.63) is 115 Å². The number of aromatic nitrogens is 1. The van der Waals surface area contributed by atoms with Gasteiger partial charge in [-0.25, -0.2) is 4.98 Å². The first-order chi connectivity index (χ1) is 18.2. The van der Waals surface area contributed by atoms with E-state index in [0.717, 1.165) is 40.9 Å². The summed E-state index contributed by atoms with van der Waals surface area (Å²) in [5.41, 5.74) is 6.48. The highest BCUT2D eigenvalue weighted by Gasteiger charge is 2.28. The minimum Gasteiger partial charge on any atom is -0.453 e. The van der Waals surface area contributed by atoms with Crippen LogP contribution >= 0.6 is 0 Å². The molecule has 7 rings (SSSR count). The molecule has 6 nitrogen and oxygen atoms in total. The number of benzene rings is 4. The molecular formula is C31H24N4O2. The molecule has 0 saturated heterocycles. The Morgan fingerprint density at radius 3 is 2.30 bits per heavy atom. The molecule has 0 N–H and O–H groups in total. The Labute approximate surface area is 215 Å². The zero-order valence-corrected chi connectivity index (χ0v) is 20.3. The molecule has 0 unspecified atom stereocenters. The van der Waals surface area contributed by atoms with Gasteiger partial charge in [0.1, 0.15) is 5.75 Å². The number of anilines is 6. The summed E-state index contributed by atoms with van der Waals surface area (Å²) in [5.74, 6) is 2.82. The Kier molecular flexibility index (Phi) is 4.96. The summed E-state index contributed by atoms with van der Waals surface area (Å²) in [7, 11) is 2.13. The third kappa shape index (κ3) is 3.70. The molecule has 5 aromatic rings. The van der Waals surface area contributed by atoms with Crippen LogP contribution in [0.3, 0.4) is 0 Å². The van der Waals surface area contributed by atoms with Gasteiger partial charge < -0.3 is 24.2 Å². The van der Waals surface area contributed by atoms with Crippen molar-refractivity contribution >= 4 is 34.1 Å². The molecule has 37 heavy (non-hydrogen) atoms. The maximum atomic E-state index is 6.30. The van der Waals surface area contributed by atoms with Gasteiger partial charge in [0.2, 0.25) is 5.88 Å². The average Bonchev–Trinajstić information content (AvgIpc) is 3.29. The van der Waals surface area contributed by atoms with E-state index in [1.807, 2.05) is 54.6 Å². The summed E-state index contributed by atoms with van der Waals surface area (Å²) in [6.07, 6.45) is 1.72. The SMILES string of the molecule is CN1CN(c2cccc(N3c4ccccc4Oc4ccc(Oc5ccccn5)cc43)c2)c2ccccc21. The number of ether oxygens (including phenoxy) is 2. The fraction of sp³-hybridized carbons (Fsp3) is 0.0645. The quantitative estimate of drug-likeness (QED) is 0.253. The van der Waals surface area contributed by atoms with E-state index in [2.05, 4.69) is 81.3 Å². The minimum atomic E-state index is 0.546. The summed E-state index contributed by atoms with van der Waals surface area (Å²) in [6.45, 7) is 0.793. The molecule has 0 bridgehead atoms. The van der Waals surface area contributed by atoms with Gasteiger partial charge in [0.15, 0.2) is 11.5 Å². The summed E-state index contributed by atoms with van der Waals surface area (Å²) >= 11 is 0. The molecule has 2 aliphatic rings. The van der Waals surface area contributed by atoms with Gasteiger partial charge in [-0.3, -0.25) is 0 Å². The van der Waals surface area contributed by atoms with Gasteiger partial charge in [-0.05, 0) is 60.7 Å². The van der Waals surface area contributed by atoms with Crippen LogP contribution < -0.4 is 24.2 Å². The highest BCUT2D eigenvalue weighted by Crippen LogP contribution is 2.52. The second-order valence-electron chi connectivity index (χ2n) is 9.08. The van der Waals surface area contributed by atoms with Crippen molar-refractivity contribution in [1.29, 1.82) is 0 Å². The lowest BCUT2D eigenvalue weighted by Gasteiger charge is -2.33. The lowest BCUT2D eigenvalue weighted by Crippen LogP contribution is -2.24. The van der Waals surface area contributed by atoms with Crippen LogP contribution in [0.15, 0.2) is 115 Å². The van der Waals surface area contributed by atoms with E-state index in [1.54, 1.807) is 6.20 Å². The van der Waals surface area contributed by atoms with Crippen molar-refractivity contribution in [3.8, 4) is 23.1 Å². The van der Waals surface area contributed by atoms with E-state index >= 15 is 0 Å². The summed E-state index contributed by atoms with van der Waals surface area (Å²) in [5, 5.41) is 0. The fourth-order valence-electron chi connectivity index (χ4n) is 5.00.